The zero-order chi connectivity index (χ0) is 16.9. The summed E-state index contributed by atoms with van der Waals surface area (Å²) in [4.78, 5) is 4.55. The van der Waals surface area contributed by atoms with E-state index in [9.17, 15) is 8.42 Å². The van der Waals surface area contributed by atoms with Crippen LogP contribution < -0.4 is 0 Å². The topological polar surface area (TPSA) is 50.3 Å². The summed E-state index contributed by atoms with van der Waals surface area (Å²) in [6.45, 7) is 1.96. The third-order valence-electron chi connectivity index (χ3n) is 5.25. The number of aromatic nitrogens is 1. The van der Waals surface area contributed by atoms with Crippen molar-refractivity contribution in [2.45, 2.75) is 49.1 Å². The average molecular weight is 363 g/mol. The molecule has 24 heavy (non-hydrogen) atoms. The van der Waals surface area contributed by atoms with Gasteiger partial charge in [-0.25, -0.2) is 13.4 Å². The van der Waals surface area contributed by atoms with Gasteiger partial charge in [0.15, 0.2) is 0 Å². The van der Waals surface area contributed by atoms with E-state index in [-0.39, 0.29) is 18.0 Å². The van der Waals surface area contributed by atoms with E-state index >= 15 is 0 Å². The van der Waals surface area contributed by atoms with Crippen molar-refractivity contribution in [2.24, 2.45) is 0 Å². The lowest BCUT2D eigenvalue weighted by Gasteiger charge is -2.24. The van der Waals surface area contributed by atoms with Crippen molar-refractivity contribution in [1.29, 1.82) is 0 Å². The molecule has 4 nitrogen and oxygen atoms in total. The van der Waals surface area contributed by atoms with Crippen LogP contribution in [0, 0.1) is 6.92 Å². The van der Waals surface area contributed by atoms with Crippen LogP contribution in [0.4, 0.5) is 0 Å². The number of fused-ring (bicyclic) bond motifs is 2. The summed E-state index contributed by atoms with van der Waals surface area (Å²) < 4.78 is 28.0. The fraction of sp³-hybridized carbons (Fsp3) is 0.389. The van der Waals surface area contributed by atoms with Gasteiger partial charge >= 0.3 is 0 Å². The Bertz CT molecular complexity index is 850. The molecule has 4 rings (SSSR count). The number of benzene rings is 1. The van der Waals surface area contributed by atoms with Crippen LogP contribution in [-0.4, -0.2) is 29.8 Å². The molecule has 1 aromatic heterocycles. The van der Waals surface area contributed by atoms with E-state index < -0.39 is 10.0 Å². The predicted molar refractivity (Wildman–Crippen MR) is 93.6 cm³/mol. The fourth-order valence-electron chi connectivity index (χ4n) is 4.11. The number of pyridine rings is 1. The van der Waals surface area contributed by atoms with Gasteiger partial charge < -0.3 is 0 Å². The van der Waals surface area contributed by atoms with Crippen molar-refractivity contribution in [2.75, 3.05) is 0 Å². The maximum atomic E-state index is 13.1. The molecule has 2 saturated heterocycles. The molecule has 1 aromatic carbocycles. The monoisotopic (exact) mass is 362 g/mol. The minimum atomic E-state index is -3.45. The van der Waals surface area contributed by atoms with Crippen molar-refractivity contribution in [3.63, 3.8) is 0 Å². The second-order valence-corrected chi connectivity index (χ2v) is 8.93. The smallest absolute Gasteiger partial charge is 0.243 e. The van der Waals surface area contributed by atoms with Crippen molar-refractivity contribution < 1.29 is 8.42 Å². The molecule has 2 aliphatic rings. The molecule has 0 amide bonds. The summed E-state index contributed by atoms with van der Waals surface area (Å²) in [5.74, 6) is 0.203. The SMILES string of the molecule is Cc1ccc(S(=O)(=O)N2[C@H]3CC[C@@H]2[C@H](c2ccc(Cl)nc2)C3)cc1. The Kier molecular flexibility index (Phi) is 3.90. The number of halogens is 1. The molecule has 0 saturated carbocycles. The molecule has 2 bridgehead atoms. The number of nitrogens with zero attached hydrogens (tertiary/aromatic N) is 2. The molecule has 3 heterocycles. The minimum absolute atomic E-state index is 0.0179. The van der Waals surface area contributed by atoms with E-state index in [1.165, 1.54) is 0 Å². The predicted octanol–water partition coefficient (Wildman–Crippen LogP) is 3.75. The average Bonchev–Trinajstić information content (AvgIpc) is 3.15. The van der Waals surface area contributed by atoms with E-state index in [2.05, 4.69) is 4.98 Å². The first-order valence-electron chi connectivity index (χ1n) is 8.18. The van der Waals surface area contributed by atoms with Crippen molar-refractivity contribution in [3.8, 4) is 0 Å². The minimum Gasteiger partial charge on any atom is -0.244 e. The van der Waals surface area contributed by atoms with Gasteiger partial charge in [-0.15, -0.1) is 0 Å². The molecule has 2 aliphatic heterocycles. The molecular weight excluding hydrogens is 344 g/mol. The van der Waals surface area contributed by atoms with Crippen LogP contribution in [0.2, 0.25) is 5.15 Å². The second-order valence-electron chi connectivity index (χ2n) is 6.70. The highest BCUT2D eigenvalue weighted by atomic mass is 35.5. The molecule has 2 fully saturated rings. The Balaban J connectivity index is 1.67. The van der Waals surface area contributed by atoms with Crippen LogP contribution in [0.1, 0.15) is 36.3 Å². The Hall–Kier alpha value is -1.43. The third-order valence-corrected chi connectivity index (χ3v) is 7.46. The largest absolute Gasteiger partial charge is 0.244 e. The quantitative estimate of drug-likeness (QED) is 0.781. The molecule has 0 unspecified atom stereocenters. The van der Waals surface area contributed by atoms with Crippen LogP contribution >= 0.6 is 11.6 Å². The van der Waals surface area contributed by atoms with E-state index in [0.29, 0.717) is 10.0 Å². The van der Waals surface area contributed by atoms with Gasteiger partial charge in [0.1, 0.15) is 5.15 Å². The molecule has 0 radical (unpaired) electrons. The lowest BCUT2D eigenvalue weighted by Crippen LogP contribution is -2.36. The molecule has 0 spiro atoms. The van der Waals surface area contributed by atoms with Crippen molar-refractivity contribution in [3.05, 3.63) is 58.9 Å². The Morgan fingerprint density at radius 1 is 1.12 bits per heavy atom. The van der Waals surface area contributed by atoms with Gasteiger partial charge in [0.25, 0.3) is 0 Å². The molecule has 6 heteroatoms. The first-order valence-corrected chi connectivity index (χ1v) is 10.0. The van der Waals surface area contributed by atoms with Gasteiger partial charge in [-0.1, -0.05) is 35.4 Å². The van der Waals surface area contributed by atoms with Crippen molar-refractivity contribution in [1.82, 2.24) is 9.29 Å². The molecule has 0 N–H and O–H groups in total. The Morgan fingerprint density at radius 2 is 1.88 bits per heavy atom. The fourth-order valence-corrected chi connectivity index (χ4v) is 6.14. The van der Waals surface area contributed by atoms with Gasteiger partial charge in [-0.05, 0) is 49.9 Å². The zero-order valence-corrected chi connectivity index (χ0v) is 15.0. The van der Waals surface area contributed by atoms with E-state index in [1.54, 1.807) is 28.7 Å². The van der Waals surface area contributed by atoms with E-state index in [1.807, 2.05) is 25.1 Å². The number of rotatable bonds is 3. The van der Waals surface area contributed by atoms with Crippen LogP contribution in [0.25, 0.3) is 0 Å². The summed E-state index contributed by atoms with van der Waals surface area (Å²) in [7, 11) is -3.45. The lowest BCUT2D eigenvalue weighted by molar-refractivity contribution is 0.388. The molecular formula is C18H19ClN2O2S. The second kappa shape index (κ2) is 5.83. The normalized spacial score (nSPS) is 26.8. The number of hydrogen-bond donors (Lipinski definition) is 0. The molecule has 0 aliphatic carbocycles. The molecule has 2 aromatic rings. The Labute approximate surface area is 147 Å². The highest BCUT2D eigenvalue weighted by Gasteiger charge is 2.52. The van der Waals surface area contributed by atoms with Gasteiger partial charge in [0.05, 0.1) is 4.90 Å². The highest BCUT2D eigenvalue weighted by Crippen LogP contribution is 2.49. The highest BCUT2D eigenvalue weighted by molar-refractivity contribution is 7.89. The van der Waals surface area contributed by atoms with E-state index in [4.69, 9.17) is 11.6 Å². The van der Waals surface area contributed by atoms with Gasteiger partial charge in [0.2, 0.25) is 10.0 Å². The number of hydrogen-bond acceptors (Lipinski definition) is 3. The summed E-state index contributed by atoms with van der Waals surface area (Å²) in [5.41, 5.74) is 2.14. The van der Waals surface area contributed by atoms with Crippen LogP contribution in [-0.2, 0) is 10.0 Å². The zero-order valence-electron chi connectivity index (χ0n) is 13.4. The standard InChI is InChI=1S/C18H19ClN2O2S/c1-12-2-6-15(7-3-12)24(22,23)21-14-5-8-17(21)16(10-14)13-4-9-18(19)20-11-13/h2-4,6-7,9,11,14,16-17H,5,8,10H2,1H3/t14-,16-,17+/m0/s1. The summed E-state index contributed by atoms with van der Waals surface area (Å²) in [6.07, 6.45) is 4.49. The lowest BCUT2D eigenvalue weighted by atomic mass is 9.85. The Morgan fingerprint density at radius 3 is 2.54 bits per heavy atom. The van der Waals surface area contributed by atoms with Crippen molar-refractivity contribution >= 4 is 21.6 Å². The summed E-state index contributed by atoms with van der Waals surface area (Å²) in [5, 5.41) is 0.464. The van der Waals surface area contributed by atoms with Crippen LogP contribution in [0.3, 0.4) is 0 Å². The molecule has 126 valence electrons. The van der Waals surface area contributed by atoms with Crippen LogP contribution in [0.5, 0.6) is 0 Å². The maximum absolute atomic E-state index is 13.1. The van der Waals surface area contributed by atoms with Crippen LogP contribution in [0.15, 0.2) is 47.5 Å². The number of sulfonamides is 1. The summed E-state index contributed by atoms with van der Waals surface area (Å²) in [6, 6.07) is 11.0. The first kappa shape index (κ1) is 16.1. The van der Waals surface area contributed by atoms with Gasteiger partial charge in [-0.2, -0.15) is 4.31 Å². The first-order chi connectivity index (χ1) is 11.5. The number of aryl methyl sites for hydroxylation is 1. The van der Waals surface area contributed by atoms with Gasteiger partial charge in [0, 0.05) is 24.2 Å². The van der Waals surface area contributed by atoms with E-state index in [0.717, 1.165) is 30.4 Å². The third kappa shape index (κ3) is 2.55. The molecule has 3 atom stereocenters. The summed E-state index contributed by atoms with van der Waals surface area (Å²) >= 11 is 5.87. The van der Waals surface area contributed by atoms with Gasteiger partial charge in [-0.3, -0.25) is 0 Å². The maximum Gasteiger partial charge on any atom is 0.243 e.